The molecule has 1 aliphatic rings. The smallest absolute Gasteiger partial charge is 0.257 e. The lowest BCUT2D eigenvalue weighted by Crippen LogP contribution is -2.49. The molecule has 1 aromatic carbocycles. The van der Waals surface area contributed by atoms with Crippen LogP contribution in [-0.4, -0.2) is 61.2 Å². The van der Waals surface area contributed by atoms with Gasteiger partial charge in [0.15, 0.2) is 11.5 Å². The molecule has 1 amide bonds. The van der Waals surface area contributed by atoms with E-state index in [1.165, 1.54) is 0 Å². The van der Waals surface area contributed by atoms with Gasteiger partial charge in [-0.15, -0.1) is 0 Å². The van der Waals surface area contributed by atoms with Crippen molar-refractivity contribution in [2.45, 2.75) is 26.7 Å². The van der Waals surface area contributed by atoms with Crippen molar-refractivity contribution in [3.05, 3.63) is 41.3 Å². The Morgan fingerprint density at radius 3 is 2.39 bits per heavy atom. The molecule has 0 bridgehead atoms. The number of ether oxygens (including phenoxy) is 2. The van der Waals surface area contributed by atoms with E-state index >= 15 is 0 Å². The number of aryl methyl sites for hydroxylation is 1. The zero-order valence-electron chi connectivity index (χ0n) is 17.2. The van der Waals surface area contributed by atoms with Crippen molar-refractivity contribution < 1.29 is 14.3 Å². The summed E-state index contributed by atoms with van der Waals surface area (Å²) in [7, 11) is 3.12. The number of anilines is 1. The molecule has 0 unspecified atom stereocenters. The summed E-state index contributed by atoms with van der Waals surface area (Å²) >= 11 is 0. The van der Waals surface area contributed by atoms with Crippen molar-refractivity contribution >= 4 is 11.7 Å². The van der Waals surface area contributed by atoms with Crippen molar-refractivity contribution in [2.24, 2.45) is 0 Å². The van der Waals surface area contributed by atoms with Crippen LogP contribution in [0, 0.1) is 6.92 Å². The van der Waals surface area contributed by atoms with E-state index in [4.69, 9.17) is 14.5 Å². The number of rotatable bonds is 5. The minimum absolute atomic E-state index is 0.0443. The van der Waals surface area contributed by atoms with Gasteiger partial charge in [-0.05, 0) is 19.1 Å². The fraction of sp³-hybridized carbons (Fsp3) is 0.476. The van der Waals surface area contributed by atoms with E-state index in [0.717, 1.165) is 30.4 Å². The molecule has 0 radical (unpaired) electrons. The summed E-state index contributed by atoms with van der Waals surface area (Å²) in [6.45, 7) is 8.88. The van der Waals surface area contributed by atoms with E-state index in [2.05, 4.69) is 23.7 Å². The van der Waals surface area contributed by atoms with Gasteiger partial charge in [0.05, 0.1) is 19.8 Å². The highest BCUT2D eigenvalue weighted by Gasteiger charge is 2.26. The zero-order valence-corrected chi connectivity index (χ0v) is 17.2. The van der Waals surface area contributed by atoms with Gasteiger partial charge in [-0.25, -0.2) is 9.97 Å². The second-order valence-electron chi connectivity index (χ2n) is 7.20. The number of carbonyl (C=O) groups excluding carboxylic acids is 1. The van der Waals surface area contributed by atoms with Gasteiger partial charge in [0.25, 0.3) is 5.91 Å². The van der Waals surface area contributed by atoms with Gasteiger partial charge in [-0.3, -0.25) is 4.79 Å². The van der Waals surface area contributed by atoms with Gasteiger partial charge >= 0.3 is 0 Å². The van der Waals surface area contributed by atoms with Crippen molar-refractivity contribution in [1.82, 2.24) is 14.9 Å². The van der Waals surface area contributed by atoms with Crippen LogP contribution >= 0.6 is 0 Å². The lowest BCUT2D eigenvalue weighted by atomic mass is 10.1. The summed E-state index contributed by atoms with van der Waals surface area (Å²) < 4.78 is 10.7. The normalized spacial score (nSPS) is 14.4. The molecular formula is C21H28N4O3. The number of hydrogen-bond donors (Lipinski definition) is 0. The summed E-state index contributed by atoms with van der Waals surface area (Å²) in [4.78, 5) is 26.3. The van der Waals surface area contributed by atoms with Crippen LogP contribution < -0.4 is 14.4 Å². The lowest BCUT2D eigenvalue weighted by molar-refractivity contribution is 0.0742. The molecule has 0 atom stereocenters. The van der Waals surface area contributed by atoms with E-state index in [9.17, 15) is 4.79 Å². The van der Waals surface area contributed by atoms with Crippen LogP contribution in [0.4, 0.5) is 5.82 Å². The summed E-state index contributed by atoms with van der Waals surface area (Å²) in [5, 5.41) is 0. The second-order valence-corrected chi connectivity index (χ2v) is 7.20. The SMILES string of the molecule is COc1cccc(C(=O)N2CCN(c3cc(C)nc(C(C)C)n3)CC2)c1OC. The summed E-state index contributed by atoms with van der Waals surface area (Å²) in [6.07, 6.45) is 0. The second kappa shape index (κ2) is 8.46. The third-order valence-electron chi connectivity index (χ3n) is 4.90. The van der Waals surface area contributed by atoms with Gasteiger partial charge in [0, 0.05) is 43.9 Å². The van der Waals surface area contributed by atoms with Gasteiger partial charge < -0.3 is 19.3 Å². The molecule has 150 valence electrons. The number of benzene rings is 1. The highest BCUT2D eigenvalue weighted by Crippen LogP contribution is 2.31. The predicted octanol–water partition coefficient (Wildman–Crippen LogP) is 2.89. The van der Waals surface area contributed by atoms with Gasteiger partial charge in [0.2, 0.25) is 0 Å². The van der Waals surface area contributed by atoms with Crippen LogP contribution in [0.1, 0.15) is 41.6 Å². The number of methoxy groups -OCH3 is 2. The number of aromatic nitrogens is 2. The molecule has 1 fully saturated rings. The molecule has 2 aromatic rings. The topological polar surface area (TPSA) is 67.8 Å². The fourth-order valence-corrected chi connectivity index (χ4v) is 3.36. The van der Waals surface area contributed by atoms with E-state index in [0.29, 0.717) is 30.2 Å². The lowest BCUT2D eigenvalue weighted by Gasteiger charge is -2.36. The predicted molar refractivity (Wildman–Crippen MR) is 109 cm³/mol. The average Bonchev–Trinajstić information content (AvgIpc) is 2.72. The quantitative estimate of drug-likeness (QED) is 0.790. The van der Waals surface area contributed by atoms with Gasteiger partial charge in [-0.2, -0.15) is 0 Å². The molecule has 0 N–H and O–H groups in total. The van der Waals surface area contributed by atoms with Crippen LogP contribution in [0.25, 0.3) is 0 Å². The molecule has 0 saturated carbocycles. The molecule has 1 saturated heterocycles. The van der Waals surface area contributed by atoms with Crippen molar-refractivity contribution in [2.75, 3.05) is 45.3 Å². The fourth-order valence-electron chi connectivity index (χ4n) is 3.36. The molecule has 28 heavy (non-hydrogen) atoms. The highest BCUT2D eigenvalue weighted by molar-refractivity contribution is 5.98. The molecule has 0 spiro atoms. The Bertz CT molecular complexity index is 846. The van der Waals surface area contributed by atoms with Crippen LogP contribution in [0.5, 0.6) is 11.5 Å². The number of amides is 1. The zero-order chi connectivity index (χ0) is 20.3. The summed E-state index contributed by atoms with van der Waals surface area (Å²) in [5.41, 5.74) is 1.49. The van der Waals surface area contributed by atoms with E-state index < -0.39 is 0 Å². The van der Waals surface area contributed by atoms with Crippen molar-refractivity contribution in [3.8, 4) is 11.5 Å². The summed E-state index contributed by atoms with van der Waals surface area (Å²) in [6, 6.07) is 7.38. The highest BCUT2D eigenvalue weighted by atomic mass is 16.5. The summed E-state index contributed by atoms with van der Waals surface area (Å²) in [5.74, 6) is 3.06. The largest absolute Gasteiger partial charge is 0.493 e. The first-order valence-electron chi connectivity index (χ1n) is 9.55. The van der Waals surface area contributed by atoms with Crippen LogP contribution in [-0.2, 0) is 0 Å². The Morgan fingerprint density at radius 1 is 1.07 bits per heavy atom. The molecule has 7 nitrogen and oxygen atoms in total. The first kappa shape index (κ1) is 19.9. The third kappa shape index (κ3) is 4.03. The molecule has 7 heteroatoms. The number of nitrogens with zero attached hydrogens (tertiary/aromatic N) is 4. The Kier molecular flexibility index (Phi) is 6.02. The third-order valence-corrected chi connectivity index (χ3v) is 4.90. The number of para-hydroxylation sites is 1. The van der Waals surface area contributed by atoms with E-state index in [-0.39, 0.29) is 11.8 Å². The van der Waals surface area contributed by atoms with Gasteiger partial charge in [-0.1, -0.05) is 19.9 Å². The number of carbonyl (C=O) groups is 1. The maximum atomic E-state index is 13.0. The Morgan fingerprint density at radius 2 is 1.79 bits per heavy atom. The monoisotopic (exact) mass is 384 g/mol. The van der Waals surface area contributed by atoms with Crippen LogP contribution in [0.2, 0.25) is 0 Å². The minimum atomic E-state index is -0.0443. The van der Waals surface area contributed by atoms with Crippen LogP contribution in [0.3, 0.4) is 0 Å². The molecule has 2 heterocycles. The first-order chi connectivity index (χ1) is 13.4. The van der Waals surface area contributed by atoms with E-state index in [1.54, 1.807) is 26.4 Å². The Balaban J connectivity index is 1.73. The van der Waals surface area contributed by atoms with Crippen LogP contribution in [0.15, 0.2) is 24.3 Å². The molecule has 3 rings (SSSR count). The number of piperazine rings is 1. The Hall–Kier alpha value is -2.83. The average molecular weight is 384 g/mol. The van der Waals surface area contributed by atoms with Crippen molar-refractivity contribution in [1.29, 1.82) is 0 Å². The maximum absolute atomic E-state index is 13.0. The first-order valence-corrected chi connectivity index (χ1v) is 9.55. The molecule has 0 aliphatic carbocycles. The molecular weight excluding hydrogens is 356 g/mol. The molecule has 1 aromatic heterocycles. The van der Waals surface area contributed by atoms with Crippen molar-refractivity contribution in [3.63, 3.8) is 0 Å². The maximum Gasteiger partial charge on any atom is 0.257 e. The number of hydrogen-bond acceptors (Lipinski definition) is 6. The minimum Gasteiger partial charge on any atom is -0.493 e. The van der Waals surface area contributed by atoms with Gasteiger partial charge in [0.1, 0.15) is 11.6 Å². The Labute approximate surface area is 166 Å². The molecule has 1 aliphatic heterocycles. The van der Waals surface area contributed by atoms with E-state index in [1.807, 2.05) is 24.0 Å². The standard InChI is InChI=1S/C21H28N4O3/c1-14(2)20-22-15(3)13-18(23-20)24-9-11-25(12-10-24)21(26)16-7-6-8-17(27-4)19(16)28-5/h6-8,13-14H,9-12H2,1-5H3.